The predicted octanol–water partition coefficient (Wildman–Crippen LogP) is 1.44. The number of nitrogens with zero attached hydrogens (tertiary/aromatic N) is 3. The summed E-state index contributed by atoms with van der Waals surface area (Å²) in [5, 5.41) is 10.8. The van der Waals surface area contributed by atoms with Crippen molar-refractivity contribution in [3.8, 4) is 0 Å². The Morgan fingerprint density at radius 2 is 2.36 bits per heavy atom. The smallest absolute Gasteiger partial charge is 0.271 e. The van der Waals surface area contributed by atoms with Crippen LogP contribution < -0.4 is 5.56 Å². The summed E-state index contributed by atoms with van der Waals surface area (Å²) in [4.78, 5) is 31.9. The zero-order valence-corrected chi connectivity index (χ0v) is 13.3. The highest BCUT2D eigenvalue weighted by atomic mass is 32.1. The molecular formula is C15H19N3O3S. The molecule has 0 spiro atoms. The van der Waals surface area contributed by atoms with Crippen LogP contribution in [0.3, 0.4) is 0 Å². The lowest BCUT2D eigenvalue weighted by Gasteiger charge is -2.24. The monoisotopic (exact) mass is 321 g/mol. The number of aliphatic hydroxyl groups is 1. The van der Waals surface area contributed by atoms with Crippen LogP contribution in [0.2, 0.25) is 0 Å². The summed E-state index contributed by atoms with van der Waals surface area (Å²) in [7, 11) is 0. The van der Waals surface area contributed by atoms with E-state index < -0.39 is 0 Å². The Bertz CT molecular complexity index is 752. The van der Waals surface area contributed by atoms with Gasteiger partial charge in [0, 0.05) is 36.5 Å². The van der Waals surface area contributed by atoms with Crippen molar-refractivity contribution < 1.29 is 9.90 Å². The first-order valence-electron chi connectivity index (χ1n) is 7.51. The Hall–Kier alpha value is -1.73. The number of rotatable bonds is 4. The van der Waals surface area contributed by atoms with Crippen molar-refractivity contribution in [3.63, 3.8) is 0 Å². The van der Waals surface area contributed by atoms with Crippen molar-refractivity contribution in [1.29, 1.82) is 0 Å². The number of thiazole rings is 1. The highest BCUT2D eigenvalue weighted by Gasteiger charge is 2.30. The first kappa shape index (κ1) is 15.2. The Balaban J connectivity index is 1.93. The molecule has 22 heavy (non-hydrogen) atoms. The number of aryl methyl sites for hydroxylation is 1. The molecule has 1 amide bonds. The summed E-state index contributed by atoms with van der Waals surface area (Å²) in [6.45, 7) is 2.63. The second kappa shape index (κ2) is 6.18. The third-order valence-electron chi connectivity index (χ3n) is 4.18. The number of aliphatic hydroxyl groups excluding tert-OH is 1. The molecule has 1 aliphatic rings. The molecule has 3 rings (SSSR count). The fraction of sp³-hybridized carbons (Fsp3) is 0.533. The van der Waals surface area contributed by atoms with Gasteiger partial charge < -0.3 is 10.0 Å². The molecule has 2 aromatic rings. The molecule has 1 atom stereocenters. The minimum atomic E-state index is -0.290. The average molecular weight is 321 g/mol. The van der Waals surface area contributed by atoms with Crippen LogP contribution in [-0.4, -0.2) is 44.5 Å². The Kier molecular flexibility index (Phi) is 4.26. The van der Waals surface area contributed by atoms with Crippen LogP contribution in [0.5, 0.6) is 0 Å². The average Bonchev–Trinajstić information content (AvgIpc) is 3.12. The number of hydrogen-bond donors (Lipinski definition) is 1. The fourth-order valence-corrected chi connectivity index (χ4v) is 3.88. The van der Waals surface area contributed by atoms with Crippen LogP contribution >= 0.6 is 11.3 Å². The molecule has 0 saturated carbocycles. The standard InChI is InChI=1S/C15H19N3O3S/c1-10-9-22-15-16-8-12(14(21)18(10)15)13(20)17-6-2-4-11(17)5-3-7-19/h8-9,11,19H,2-7H2,1H3. The molecule has 118 valence electrons. The van der Waals surface area contributed by atoms with E-state index in [1.165, 1.54) is 21.9 Å². The molecule has 0 aromatic carbocycles. The molecule has 1 N–H and O–H groups in total. The van der Waals surface area contributed by atoms with E-state index in [1.54, 1.807) is 4.90 Å². The summed E-state index contributed by atoms with van der Waals surface area (Å²) >= 11 is 1.39. The molecule has 0 bridgehead atoms. The van der Waals surface area contributed by atoms with E-state index in [1.807, 2.05) is 12.3 Å². The van der Waals surface area contributed by atoms with Gasteiger partial charge in [0.2, 0.25) is 0 Å². The van der Waals surface area contributed by atoms with E-state index in [2.05, 4.69) is 4.98 Å². The van der Waals surface area contributed by atoms with Crippen molar-refractivity contribution in [2.24, 2.45) is 0 Å². The van der Waals surface area contributed by atoms with Gasteiger partial charge in [-0.05, 0) is 32.6 Å². The number of aromatic nitrogens is 2. The van der Waals surface area contributed by atoms with Gasteiger partial charge in [-0.3, -0.25) is 14.0 Å². The van der Waals surface area contributed by atoms with Crippen LogP contribution in [0.25, 0.3) is 4.96 Å². The van der Waals surface area contributed by atoms with Gasteiger partial charge in [0.1, 0.15) is 5.56 Å². The maximum atomic E-state index is 12.7. The maximum absolute atomic E-state index is 12.7. The SMILES string of the molecule is Cc1csc2ncc(C(=O)N3CCCC3CCCO)c(=O)n12. The van der Waals surface area contributed by atoms with Crippen LogP contribution in [0.15, 0.2) is 16.4 Å². The normalized spacial score (nSPS) is 18.3. The molecule has 1 aliphatic heterocycles. The quantitative estimate of drug-likeness (QED) is 0.925. The molecule has 1 unspecified atom stereocenters. The Labute approximate surface area is 132 Å². The number of hydrogen-bond acceptors (Lipinski definition) is 5. The van der Waals surface area contributed by atoms with Crippen molar-refractivity contribution in [2.75, 3.05) is 13.2 Å². The zero-order valence-electron chi connectivity index (χ0n) is 12.5. The lowest BCUT2D eigenvalue weighted by molar-refractivity contribution is 0.0722. The predicted molar refractivity (Wildman–Crippen MR) is 84.5 cm³/mol. The summed E-state index contributed by atoms with van der Waals surface area (Å²) in [6, 6.07) is 0.114. The fourth-order valence-electron chi connectivity index (χ4n) is 3.06. The topological polar surface area (TPSA) is 74.9 Å². The first-order valence-corrected chi connectivity index (χ1v) is 8.39. The molecule has 1 saturated heterocycles. The van der Waals surface area contributed by atoms with Crippen molar-refractivity contribution in [1.82, 2.24) is 14.3 Å². The minimum absolute atomic E-state index is 0.114. The van der Waals surface area contributed by atoms with Gasteiger partial charge in [-0.2, -0.15) is 0 Å². The van der Waals surface area contributed by atoms with Gasteiger partial charge in [0.05, 0.1) is 0 Å². The van der Waals surface area contributed by atoms with Crippen molar-refractivity contribution >= 4 is 22.2 Å². The summed E-state index contributed by atoms with van der Waals surface area (Å²) in [5.74, 6) is -0.238. The molecule has 3 heterocycles. The van der Waals surface area contributed by atoms with Gasteiger partial charge in [0.15, 0.2) is 4.96 Å². The molecule has 0 radical (unpaired) electrons. The highest BCUT2D eigenvalue weighted by molar-refractivity contribution is 7.15. The number of fused-ring (bicyclic) bond motifs is 1. The largest absolute Gasteiger partial charge is 0.396 e. The highest BCUT2D eigenvalue weighted by Crippen LogP contribution is 2.23. The van der Waals surface area contributed by atoms with E-state index in [0.717, 1.165) is 25.0 Å². The molecule has 2 aromatic heterocycles. The lowest BCUT2D eigenvalue weighted by Crippen LogP contribution is -2.39. The van der Waals surface area contributed by atoms with Gasteiger partial charge in [-0.25, -0.2) is 4.98 Å². The molecule has 6 nitrogen and oxygen atoms in total. The summed E-state index contributed by atoms with van der Waals surface area (Å²) in [5.41, 5.74) is 0.641. The van der Waals surface area contributed by atoms with Gasteiger partial charge in [-0.1, -0.05) is 0 Å². The zero-order chi connectivity index (χ0) is 15.7. The van der Waals surface area contributed by atoms with Crippen LogP contribution in [0.1, 0.15) is 41.7 Å². The second-order valence-electron chi connectivity index (χ2n) is 5.63. The van der Waals surface area contributed by atoms with E-state index >= 15 is 0 Å². The summed E-state index contributed by atoms with van der Waals surface area (Å²) in [6.07, 6.45) is 4.72. The lowest BCUT2D eigenvalue weighted by atomic mass is 10.1. The maximum Gasteiger partial charge on any atom is 0.271 e. The number of carbonyl (C=O) groups excluding carboxylic acids is 1. The van der Waals surface area contributed by atoms with Gasteiger partial charge >= 0.3 is 0 Å². The van der Waals surface area contributed by atoms with Crippen LogP contribution in [0.4, 0.5) is 0 Å². The number of likely N-dealkylation sites (tertiary alicyclic amines) is 1. The summed E-state index contributed by atoms with van der Waals surface area (Å²) < 4.78 is 1.50. The third-order valence-corrected chi connectivity index (χ3v) is 5.14. The molecule has 0 aliphatic carbocycles. The van der Waals surface area contributed by atoms with E-state index in [0.29, 0.717) is 17.9 Å². The minimum Gasteiger partial charge on any atom is -0.396 e. The van der Waals surface area contributed by atoms with Gasteiger partial charge in [-0.15, -0.1) is 11.3 Å². The van der Waals surface area contributed by atoms with Crippen molar-refractivity contribution in [2.45, 2.75) is 38.6 Å². The van der Waals surface area contributed by atoms with E-state index in [4.69, 9.17) is 5.11 Å². The molecule has 7 heteroatoms. The van der Waals surface area contributed by atoms with Crippen molar-refractivity contribution in [3.05, 3.63) is 33.2 Å². The molecule has 1 fully saturated rings. The van der Waals surface area contributed by atoms with Crippen LogP contribution in [0, 0.1) is 6.92 Å². The number of carbonyl (C=O) groups is 1. The second-order valence-corrected chi connectivity index (χ2v) is 6.47. The first-order chi connectivity index (χ1) is 10.6. The Morgan fingerprint density at radius 3 is 3.14 bits per heavy atom. The van der Waals surface area contributed by atoms with E-state index in [9.17, 15) is 9.59 Å². The third kappa shape index (κ3) is 2.55. The van der Waals surface area contributed by atoms with Crippen LogP contribution in [-0.2, 0) is 0 Å². The number of amides is 1. The van der Waals surface area contributed by atoms with E-state index in [-0.39, 0.29) is 29.7 Å². The molecular weight excluding hydrogens is 302 g/mol. The van der Waals surface area contributed by atoms with Gasteiger partial charge in [0.25, 0.3) is 11.5 Å². The Morgan fingerprint density at radius 1 is 1.55 bits per heavy atom.